The molecule has 0 unspecified atom stereocenters. The zero-order chi connectivity index (χ0) is 8.97. The van der Waals surface area contributed by atoms with Crippen molar-refractivity contribution >= 4 is 17.1 Å². The summed E-state index contributed by atoms with van der Waals surface area (Å²) in [6.45, 7) is 4.50. The van der Waals surface area contributed by atoms with Gasteiger partial charge >= 0.3 is 0 Å². The molecule has 0 saturated heterocycles. The summed E-state index contributed by atoms with van der Waals surface area (Å²) < 4.78 is 0. The highest BCUT2D eigenvalue weighted by Crippen LogP contribution is 2.05. The monoisotopic (exact) mass is 183 g/mol. The van der Waals surface area contributed by atoms with Crippen LogP contribution >= 0.6 is 11.3 Å². The summed E-state index contributed by atoms with van der Waals surface area (Å²) in [4.78, 5) is 11.4. The number of nitrogens with one attached hydrogen (secondary N) is 1. The average Bonchev–Trinajstić information content (AvgIpc) is 2.51. The minimum Gasteiger partial charge on any atom is -0.307 e. The molecule has 1 aromatic heterocycles. The Morgan fingerprint density at radius 3 is 2.92 bits per heavy atom. The highest BCUT2D eigenvalue weighted by Gasteiger charge is 2.05. The summed E-state index contributed by atoms with van der Waals surface area (Å²) in [5.41, 5.74) is 0.813. The number of rotatable bonds is 4. The SMILES string of the molecule is CC(C)NCC(=O)c1ccsc1. The Balaban J connectivity index is 2.40. The van der Waals surface area contributed by atoms with Gasteiger partial charge in [0.2, 0.25) is 0 Å². The maximum atomic E-state index is 11.4. The first-order valence-corrected chi connectivity index (χ1v) is 4.93. The number of hydrogen-bond acceptors (Lipinski definition) is 3. The maximum absolute atomic E-state index is 11.4. The maximum Gasteiger partial charge on any atom is 0.177 e. The van der Waals surface area contributed by atoms with Crippen LogP contribution in [-0.2, 0) is 0 Å². The van der Waals surface area contributed by atoms with Crippen molar-refractivity contribution in [1.82, 2.24) is 5.32 Å². The van der Waals surface area contributed by atoms with E-state index in [2.05, 4.69) is 5.32 Å². The van der Waals surface area contributed by atoms with Crippen LogP contribution in [0.15, 0.2) is 16.8 Å². The van der Waals surface area contributed by atoms with Crippen molar-refractivity contribution in [1.29, 1.82) is 0 Å². The molecule has 0 aliphatic heterocycles. The molecule has 0 fully saturated rings. The Hall–Kier alpha value is -0.670. The summed E-state index contributed by atoms with van der Waals surface area (Å²) in [5, 5.41) is 6.89. The van der Waals surface area contributed by atoms with E-state index < -0.39 is 0 Å². The Morgan fingerprint density at radius 2 is 2.42 bits per heavy atom. The number of ketones is 1. The van der Waals surface area contributed by atoms with Crippen molar-refractivity contribution < 1.29 is 4.79 Å². The van der Waals surface area contributed by atoms with E-state index in [1.165, 1.54) is 0 Å². The van der Waals surface area contributed by atoms with E-state index in [9.17, 15) is 4.79 Å². The molecular formula is C9H13NOS. The third-order valence-corrected chi connectivity index (χ3v) is 2.20. The van der Waals surface area contributed by atoms with Crippen LogP contribution < -0.4 is 5.32 Å². The first kappa shape index (κ1) is 9.42. The summed E-state index contributed by atoms with van der Waals surface area (Å²) >= 11 is 1.55. The van der Waals surface area contributed by atoms with Gasteiger partial charge in [-0.1, -0.05) is 13.8 Å². The summed E-state index contributed by atoms with van der Waals surface area (Å²) in [7, 11) is 0. The first-order valence-electron chi connectivity index (χ1n) is 3.99. The topological polar surface area (TPSA) is 29.1 Å². The first-order chi connectivity index (χ1) is 5.70. The number of Topliss-reactive ketones (excluding diaryl/α,β-unsaturated/α-hetero) is 1. The molecule has 1 N–H and O–H groups in total. The van der Waals surface area contributed by atoms with E-state index in [1.54, 1.807) is 11.3 Å². The molecule has 0 bridgehead atoms. The quantitative estimate of drug-likeness (QED) is 0.723. The van der Waals surface area contributed by atoms with Crippen LogP contribution in [0, 0.1) is 0 Å². The lowest BCUT2D eigenvalue weighted by molar-refractivity contribution is 0.0989. The molecule has 1 aromatic rings. The molecule has 3 heteroatoms. The van der Waals surface area contributed by atoms with Gasteiger partial charge in [-0.2, -0.15) is 11.3 Å². The van der Waals surface area contributed by atoms with Gasteiger partial charge in [0.05, 0.1) is 6.54 Å². The summed E-state index contributed by atoms with van der Waals surface area (Å²) in [6, 6.07) is 2.22. The second kappa shape index (κ2) is 4.38. The third kappa shape index (κ3) is 2.75. The number of carbonyl (C=O) groups excluding carboxylic acids is 1. The van der Waals surface area contributed by atoms with Crippen LogP contribution in [0.3, 0.4) is 0 Å². The van der Waals surface area contributed by atoms with Gasteiger partial charge in [0, 0.05) is 17.0 Å². The van der Waals surface area contributed by atoms with E-state index in [0.29, 0.717) is 12.6 Å². The van der Waals surface area contributed by atoms with Gasteiger partial charge in [-0.25, -0.2) is 0 Å². The molecule has 0 aliphatic rings. The van der Waals surface area contributed by atoms with Gasteiger partial charge in [-0.05, 0) is 11.4 Å². The molecule has 0 saturated carbocycles. The van der Waals surface area contributed by atoms with Crippen molar-refractivity contribution in [3.63, 3.8) is 0 Å². The third-order valence-electron chi connectivity index (χ3n) is 1.51. The van der Waals surface area contributed by atoms with Gasteiger partial charge in [0.15, 0.2) is 5.78 Å². The fraction of sp³-hybridized carbons (Fsp3) is 0.444. The van der Waals surface area contributed by atoms with Crippen molar-refractivity contribution in [3.8, 4) is 0 Å². The fourth-order valence-corrected chi connectivity index (χ4v) is 1.48. The van der Waals surface area contributed by atoms with Crippen LogP contribution in [0.2, 0.25) is 0 Å². The van der Waals surface area contributed by atoms with Crippen molar-refractivity contribution in [2.75, 3.05) is 6.54 Å². The second-order valence-corrected chi connectivity index (χ2v) is 3.75. The molecule has 0 atom stereocenters. The summed E-state index contributed by atoms with van der Waals surface area (Å²) in [6.07, 6.45) is 0. The predicted molar refractivity (Wildman–Crippen MR) is 51.8 cm³/mol. The zero-order valence-electron chi connectivity index (χ0n) is 7.33. The van der Waals surface area contributed by atoms with Gasteiger partial charge in [0.1, 0.15) is 0 Å². The molecule has 1 heterocycles. The molecule has 0 aliphatic carbocycles. The van der Waals surface area contributed by atoms with Crippen molar-refractivity contribution in [2.24, 2.45) is 0 Å². The molecule has 2 nitrogen and oxygen atoms in total. The molecule has 0 spiro atoms. The standard InChI is InChI=1S/C9H13NOS/c1-7(2)10-5-9(11)8-3-4-12-6-8/h3-4,6-7,10H,5H2,1-2H3. The van der Waals surface area contributed by atoms with Gasteiger partial charge < -0.3 is 5.32 Å². The molecule has 66 valence electrons. The Labute approximate surface area is 76.6 Å². The second-order valence-electron chi connectivity index (χ2n) is 2.97. The minimum atomic E-state index is 0.171. The van der Waals surface area contributed by atoms with Crippen molar-refractivity contribution in [2.45, 2.75) is 19.9 Å². The Morgan fingerprint density at radius 1 is 1.67 bits per heavy atom. The largest absolute Gasteiger partial charge is 0.307 e. The molecule has 0 radical (unpaired) electrons. The van der Waals surface area contributed by atoms with Gasteiger partial charge in [-0.15, -0.1) is 0 Å². The van der Waals surface area contributed by atoms with Crippen molar-refractivity contribution in [3.05, 3.63) is 22.4 Å². The normalized spacial score (nSPS) is 10.6. The Kier molecular flexibility index (Phi) is 3.44. The molecule has 12 heavy (non-hydrogen) atoms. The zero-order valence-corrected chi connectivity index (χ0v) is 8.15. The predicted octanol–water partition coefficient (Wildman–Crippen LogP) is 1.93. The molecule has 0 amide bonds. The van der Waals surface area contributed by atoms with Crippen LogP contribution in [0.1, 0.15) is 24.2 Å². The van der Waals surface area contributed by atoms with Gasteiger partial charge in [-0.3, -0.25) is 4.79 Å². The van der Waals surface area contributed by atoms with E-state index >= 15 is 0 Å². The van der Waals surface area contributed by atoms with Gasteiger partial charge in [0.25, 0.3) is 0 Å². The van der Waals surface area contributed by atoms with E-state index in [4.69, 9.17) is 0 Å². The van der Waals surface area contributed by atoms with E-state index in [-0.39, 0.29) is 5.78 Å². The fourth-order valence-electron chi connectivity index (χ4n) is 0.822. The minimum absolute atomic E-state index is 0.171. The molecular weight excluding hydrogens is 170 g/mol. The molecule has 1 rings (SSSR count). The number of carbonyl (C=O) groups is 1. The van der Waals surface area contributed by atoms with E-state index in [0.717, 1.165) is 5.56 Å². The summed E-state index contributed by atoms with van der Waals surface area (Å²) in [5.74, 6) is 0.171. The smallest absolute Gasteiger partial charge is 0.177 e. The lowest BCUT2D eigenvalue weighted by Gasteiger charge is -2.05. The van der Waals surface area contributed by atoms with Crippen LogP contribution in [0.25, 0.3) is 0 Å². The lowest BCUT2D eigenvalue weighted by atomic mass is 10.2. The Bertz CT molecular complexity index is 241. The molecule has 0 aromatic carbocycles. The lowest BCUT2D eigenvalue weighted by Crippen LogP contribution is -2.28. The number of thiophene rings is 1. The highest BCUT2D eigenvalue weighted by molar-refractivity contribution is 7.08. The number of hydrogen-bond donors (Lipinski definition) is 1. The van der Waals surface area contributed by atoms with Crippen LogP contribution in [-0.4, -0.2) is 18.4 Å². The van der Waals surface area contributed by atoms with E-state index in [1.807, 2.05) is 30.7 Å². The highest BCUT2D eigenvalue weighted by atomic mass is 32.1. The van der Waals surface area contributed by atoms with Crippen LogP contribution in [0.5, 0.6) is 0 Å². The average molecular weight is 183 g/mol. The van der Waals surface area contributed by atoms with Crippen LogP contribution in [0.4, 0.5) is 0 Å².